The van der Waals surface area contributed by atoms with Crippen molar-refractivity contribution in [3.8, 4) is 5.75 Å². The second kappa shape index (κ2) is 18.3. The fraction of sp³-hybridized carbons (Fsp3) is 0.357. The molecule has 0 saturated carbocycles. The van der Waals surface area contributed by atoms with Crippen LogP contribution in [0.2, 0.25) is 0 Å². The summed E-state index contributed by atoms with van der Waals surface area (Å²) < 4.78 is 46.9. The lowest BCUT2D eigenvalue weighted by Crippen LogP contribution is -2.64. The molecule has 0 unspecified atom stereocenters. The van der Waals surface area contributed by atoms with Crippen LogP contribution in [0, 0.1) is 10.1 Å². The van der Waals surface area contributed by atoms with Gasteiger partial charge in [-0.15, -0.1) is 0 Å². The Hall–Kier alpha value is -5.42. The Morgan fingerprint density at radius 3 is 1.78 bits per heavy atom. The highest BCUT2D eigenvalue weighted by Crippen LogP contribution is 2.35. The summed E-state index contributed by atoms with van der Waals surface area (Å²) in [5, 5.41) is 21.2. The monoisotopic (exact) mass is 637 g/mol. The molecule has 0 bridgehead atoms. The van der Waals surface area contributed by atoms with Crippen molar-refractivity contribution < 1.29 is 71.8 Å². The molecular weight excluding hydrogens is 606 g/mol. The molecule has 1 saturated heterocycles. The zero-order chi connectivity index (χ0) is 33.4. The summed E-state index contributed by atoms with van der Waals surface area (Å²) in [5.74, 6) is -1.71. The third-order valence-corrected chi connectivity index (χ3v) is 5.37. The Kier molecular flexibility index (Phi) is 14.5. The zero-order valence-electron chi connectivity index (χ0n) is 23.8. The SMILES string of the molecule is C=CCOC(=O)O[C@@H]1[C@@H](OC(=O)OCC=C)[C@H](Oc2ccc(CO)cc2[N+](=O)[O-])O[C@H](C(=O)OCC=C)[C@H]1OC(=O)OCC=C. The maximum Gasteiger partial charge on any atom is 0.509 e. The average Bonchev–Trinajstić information content (AvgIpc) is 3.02. The van der Waals surface area contributed by atoms with E-state index in [1.807, 2.05) is 0 Å². The van der Waals surface area contributed by atoms with E-state index >= 15 is 0 Å². The van der Waals surface area contributed by atoms with Gasteiger partial charge in [-0.05, 0) is 11.6 Å². The first-order chi connectivity index (χ1) is 21.6. The van der Waals surface area contributed by atoms with Gasteiger partial charge in [0.2, 0.25) is 12.4 Å². The van der Waals surface area contributed by atoms with E-state index in [1.54, 1.807) is 0 Å². The third-order valence-electron chi connectivity index (χ3n) is 5.37. The minimum Gasteiger partial charge on any atom is -0.459 e. The molecule has 1 heterocycles. The van der Waals surface area contributed by atoms with Crippen LogP contribution in [-0.4, -0.2) is 91.6 Å². The highest BCUT2D eigenvalue weighted by atomic mass is 16.8. The number of nitro groups is 1. The van der Waals surface area contributed by atoms with Crippen molar-refractivity contribution in [2.75, 3.05) is 26.4 Å². The fourth-order valence-electron chi connectivity index (χ4n) is 3.55. The Balaban J connectivity index is 2.70. The number of hydrogen-bond acceptors (Lipinski definition) is 16. The minimum atomic E-state index is -2.01. The first-order valence-electron chi connectivity index (χ1n) is 12.9. The van der Waals surface area contributed by atoms with Gasteiger partial charge >= 0.3 is 30.1 Å². The number of aliphatic hydroxyl groups is 1. The molecule has 0 aliphatic carbocycles. The smallest absolute Gasteiger partial charge is 0.459 e. The lowest BCUT2D eigenvalue weighted by Gasteiger charge is -2.42. The number of carbonyl (C=O) groups is 4. The van der Waals surface area contributed by atoms with Crippen molar-refractivity contribution in [1.29, 1.82) is 0 Å². The predicted octanol–water partition coefficient (Wildman–Crippen LogP) is 3.04. The summed E-state index contributed by atoms with van der Waals surface area (Å²) in [5.41, 5.74) is -0.527. The highest BCUT2D eigenvalue weighted by molar-refractivity contribution is 5.77. The van der Waals surface area contributed by atoms with Gasteiger partial charge in [-0.25, -0.2) is 19.2 Å². The van der Waals surface area contributed by atoms with Crippen LogP contribution in [0.4, 0.5) is 20.1 Å². The summed E-state index contributed by atoms with van der Waals surface area (Å²) in [4.78, 5) is 61.8. The quantitative estimate of drug-likeness (QED) is 0.0906. The largest absolute Gasteiger partial charge is 0.509 e. The zero-order valence-corrected chi connectivity index (χ0v) is 23.8. The fourth-order valence-corrected chi connectivity index (χ4v) is 3.55. The van der Waals surface area contributed by atoms with Crippen LogP contribution in [-0.2, 0) is 49.3 Å². The number of nitrogens with zero attached hydrogens (tertiary/aromatic N) is 1. The molecule has 17 nitrogen and oxygen atoms in total. The van der Waals surface area contributed by atoms with E-state index in [4.69, 9.17) is 42.6 Å². The predicted molar refractivity (Wildman–Crippen MR) is 149 cm³/mol. The van der Waals surface area contributed by atoms with Crippen molar-refractivity contribution >= 4 is 30.1 Å². The molecule has 17 heteroatoms. The van der Waals surface area contributed by atoms with Crippen LogP contribution in [0.25, 0.3) is 0 Å². The molecule has 45 heavy (non-hydrogen) atoms. The van der Waals surface area contributed by atoms with Crippen molar-refractivity contribution in [3.05, 3.63) is 84.5 Å². The van der Waals surface area contributed by atoms with Crippen molar-refractivity contribution in [3.63, 3.8) is 0 Å². The summed E-state index contributed by atoms with van der Waals surface area (Å²) in [6.07, 6.45) is -9.37. The first-order valence-corrected chi connectivity index (χ1v) is 12.9. The lowest BCUT2D eigenvalue weighted by atomic mass is 9.98. The van der Waals surface area contributed by atoms with Gasteiger partial charge in [0, 0.05) is 6.07 Å². The van der Waals surface area contributed by atoms with E-state index in [2.05, 4.69) is 26.3 Å². The van der Waals surface area contributed by atoms with Gasteiger partial charge in [0.1, 0.15) is 26.4 Å². The standard InChI is InChI=1S/C28H31NO16/c1-5-11-37-24(31)22-20(43-26(32)38-12-6-2)21(44-27(33)39-13-7-3)23(45-28(34)40-14-8-4)25(42-22)41-19-10-9-17(16-30)15-18(19)29(35)36/h5-10,15,20-23,25,30H,1-4,11-14,16H2/t20-,21-,22-,23+,25+/m0/s1. The molecule has 244 valence electrons. The van der Waals surface area contributed by atoms with Crippen molar-refractivity contribution in [2.45, 2.75) is 37.3 Å². The summed E-state index contributed by atoms with van der Waals surface area (Å²) in [6, 6.07) is 3.36. The van der Waals surface area contributed by atoms with Crippen molar-refractivity contribution in [2.24, 2.45) is 0 Å². The first kappa shape index (κ1) is 35.8. The lowest BCUT2D eigenvalue weighted by molar-refractivity contribution is -0.387. The maximum absolute atomic E-state index is 13.1. The number of aliphatic hydroxyl groups excluding tert-OH is 1. The number of esters is 1. The molecular formula is C28H31NO16. The second-order valence-electron chi connectivity index (χ2n) is 8.48. The molecule has 1 aliphatic heterocycles. The van der Waals surface area contributed by atoms with E-state index in [9.17, 15) is 34.4 Å². The number of rotatable bonds is 16. The second-order valence-corrected chi connectivity index (χ2v) is 8.48. The molecule has 1 aromatic rings. The molecule has 1 aliphatic rings. The molecule has 2 rings (SSSR count). The Morgan fingerprint density at radius 2 is 1.29 bits per heavy atom. The normalized spacial score (nSPS) is 20.2. The van der Waals surface area contributed by atoms with Gasteiger partial charge in [-0.2, -0.15) is 0 Å². The van der Waals surface area contributed by atoms with Gasteiger partial charge in [0.15, 0.2) is 24.1 Å². The van der Waals surface area contributed by atoms with E-state index in [1.165, 1.54) is 30.4 Å². The number of nitro benzene ring substituents is 1. The molecule has 1 aromatic carbocycles. The molecule has 5 atom stereocenters. The average molecular weight is 638 g/mol. The van der Waals surface area contributed by atoms with Crippen LogP contribution in [0.3, 0.4) is 0 Å². The van der Waals surface area contributed by atoms with Gasteiger partial charge in [-0.3, -0.25) is 10.1 Å². The summed E-state index contributed by atoms with van der Waals surface area (Å²) >= 11 is 0. The Labute approximate surface area is 256 Å². The van der Waals surface area contributed by atoms with E-state index in [0.717, 1.165) is 12.1 Å². The van der Waals surface area contributed by atoms with E-state index < -0.39 is 78.1 Å². The van der Waals surface area contributed by atoms with Crippen LogP contribution >= 0.6 is 0 Å². The minimum absolute atomic E-state index is 0.142. The van der Waals surface area contributed by atoms with Gasteiger partial charge in [0.05, 0.1) is 11.5 Å². The van der Waals surface area contributed by atoms with Crippen LogP contribution in [0.1, 0.15) is 5.56 Å². The summed E-state index contributed by atoms with van der Waals surface area (Å²) in [7, 11) is 0. The topological polar surface area (TPSA) is 215 Å². The maximum atomic E-state index is 13.1. The number of ether oxygens (including phenoxy) is 9. The Bertz CT molecular complexity index is 1260. The van der Waals surface area contributed by atoms with Crippen LogP contribution in [0.5, 0.6) is 5.75 Å². The number of hydrogen-bond donors (Lipinski definition) is 1. The highest BCUT2D eigenvalue weighted by Gasteiger charge is 2.57. The van der Waals surface area contributed by atoms with E-state index in [-0.39, 0.29) is 32.0 Å². The van der Waals surface area contributed by atoms with Gasteiger partial charge in [0.25, 0.3) is 0 Å². The number of benzene rings is 1. The van der Waals surface area contributed by atoms with Crippen molar-refractivity contribution in [1.82, 2.24) is 0 Å². The van der Waals surface area contributed by atoms with Gasteiger partial charge < -0.3 is 47.7 Å². The Morgan fingerprint density at radius 1 is 0.800 bits per heavy atom. The van der Waals surface area contributed by atoms with Crippen LogP contribution in [0.15, 0.2) is 68.8 Å². The number of carbonyl (C=O) groups excluding carboxylic acids is 4. The molecule has 0 amide bonds. The molecule has 0 radical (unpaired) electrons. The molecule has 1 N–H and O–H groups in total. The third kappa shape index (κ3) is 10.7. The van der Waals surface area contributed by atoms with E-state index in [0.29, 0.717) is 0 Å². The van der Waals surface area contributed by atoms with Crippen LogP contribution < -0.4 is 4.74 Å². The molecule has 0 spiro atoms. The van der Waals surface area contributed by atoms with Gasteiger partial charge in [-0.1, -0.05) is 56.7 Å². The summed E-state index contributed by atoms with van der Waals surface area (Å²) in [6.45, 7) is 11.7. The molecule has 0 aromatic heterocycles. The molecule has 1 fully saturated rings.